The van der Waals surface area contributed by atoms with E-state index in [1.807, 2.05) is 19.0 Å². The van der Waals surface area contributed by atoms with E-state index in [9.17, 15) is 9.18 Å². The molecule has 3 heterocycles. The number of aromatic nitrogens is 4. The molecule has 2 atom stereocenters. The molecule has 0 amide bonds. The largest absolute Gasteiger partial charge is 0.476 e. The Hall–Kier alpha value is -3.04. The van der Waals surface area contributed by atoms with Gasteiger partial charge in [0.25, 0.3) is 0 Å². The van der Waals surface area contributed by atoms with Crippen molar-refractivity contribution in [1.82, 2.24) is 19.9 Å². The Morgan fingerprint density at radius 3 is 2.85 bits per heavy atom. The molecule has 26 heavy (non-hydrogen) atoms. The standard InChI is InChI=1S/C16H20FN7O2/c1-23(2)16-18-4-3-14(22-16)24-9-10(17)5-11(24)6-20-13-8-19-12(7-21-13)15(25)26/h3-4,7-8,10-11H,5-6,9H2,1-2H3,(H,20,21)(H,25,26)/t10-,11-/m0/s1. The van der Waals surface area contributed by atoms with Gasteiger partial charge in [-0.15, -0.1) is 0 Å². The van der Waals surface area contributed by atoms with Gasteiger partial charge in [0.15, 0.2) is 5.69 Å². The number of hydrogen-bond acceptors (Lipinski definition) is 8. The summed E-state index contributed by atoms with van der Waals surface area (Å²) in [7, 11) is 3.69. The molecule has 9 nitrogen and oxygen atoms in total. The molecule has 1 aliphatic heterocycles. The van der Waals surface area contributed by atoms with E-state index in [0.717, 1.165) is 0 Å². The number of nitrogens with zero attached hydrogens (tertiary/aromatic N) is 6. The first-order chi connectivity index (χ1) is 12.4. The summed E-state index contributed by atoms with van der Waals surface area (Å²) in [6.45, 7) is 0.697. The van der Waals surface area contributed by atoms with Crippen molar-refractivity contribution < 1.29 is 14.3 Å². The van der Waals surface area contributed by atoms with Crippen molar-refractivity contribution in [2.24, 2.45) is 0 Å². The molecule has 0 spiro atoms. The van der Waals surface area contributed by atoms with Crippen LogP contribution in [0.2, 0.25) is 0 Å². The van der Waals surface area contributed by atoms with Crippen LogP contribution in [-0.4, -0.2) is 70.4 Å². The van der Waals surface area contributed by atoms with E-state index in [0.29, 0.717) is 30.5 Å². The van der Waals surface area contributed by atoms with E-state index in [1.54, 1.807) is 17.2 Å². The number of halogens is 1. The summed E-state index contributed by atoms with van der Waals surface area (Å²) >= 11 is 0. The lowest BCUT2D eigenvalue weighted by atomic mass is 10.2. The van der Waals surface area contributed by atoms with Crippen LogP contribution in [0.3, 0.4) is 0 Å². The van der Waals surface area contributed by atoms with Gasteiger partial charge in [0, 0.05) is 33.3 Å². The fourth-order valence-electron chi connectivity index (χ4n) is 2.80. The van der Waals surface area contributed by atoms with E-state index < -0.39 is 12.1 Å². The van der Waals surface area contributed by atoms with E-state index in [-0.39, 0.29) is 18.3 Å². The van der Waals surface area contributed by atoms with E-state index in [1.165, 1.54) is 12.4 Å². The Bertz CT molecular complexity index is 771. The topological polar surface area (TPSA) is 107 Å². The Balaban J connectivity index is 1.70. The lowest BCUT2D eigenvalue weighted by Gasteiger charge is -2.26. The van der Waals surface area contributed by atoms with E-state index in [4.69, 9.17) is 5.11 Å². The van der Waals surface area contributed by atoms with Gasteiger partial charge in [-0.25, -0.2) is 24.1 Å². The van der Waals surface area contributed by atoms with Gasteiger partial charge in [0.05, 0.1) is 25.0 Å². The van der Waals surface area contributed by atoms with Crippen LogP contribution in [0.4, 0.5) is 22.0 Å². The summed E-state index contributed by atoms with van der Waals surface area (Å²) in [5.74, 6) is 0.537. The second kappa shape index (κ2) is 7.46. The molecule has 3 rings (SSSR count). The molecular formula is C16H20FN7O2. The van der Waals surface area contributed by atoms with Gasteiger partial charge in [0.1, 0.15) is 17.8 Å². The van der Waals surface area contributed by atoms with Gasteiger partial charge in [-0.2, -0.15) is 4.98 Å². The third-order valence-electron chi connectivity index (χ3n) is 4.08. The van der Waals surface area contributed by atoms with Crippen molar-refractivity contribution in [3.8, 4) is 0 Å². The summed E-state index contributed by atoms with van der Waals surface area (Å²) in [4.78, 5) is 31.0. The van der Waals surface area contributed by atoms with Crippen LogP contribution in [0.1, 0.15) is 16.9 Å². The number of rotatable bonds is 6. The molecular weight excluding hydrogens is 341 g/mol. The zero-order valence-corrected chi connectivity index (χ0v) is 14.5. The maximum Gasteiger partial charge on any atom is 0.356 e. The van der Waals surface area contributed by atoms with Gasteiger partial charge in [0.2, 0.25) is 5.95 Å². The molecule has 0 saturated carbocycles. The lowest BCUT2D eigenvalue weighted by Crippen LogP contribution is -2.36. The Morgan fingerprint density at radius 2 is 2.19 bits per heavy atom. The van der Waals surface area contributed by atoms with Crippen molar-refractivity contribution >= 4 is 23.6 Å². The third-order valence-corrected chi connectivity index (χ3v) is 4.08. The van der Waals surface area contributed by atoms with Crippen molar-refractivity contribution in [2.45, 2.75) is 18.6 Å². The quantitative estimate of drug-likeness (QED) is 0.781. The SMILES string of the molecule is CN(C)c1nccc(N2C[C@@H](F)C[C@H]2CNc2cnc(C(=O)O)cn2)n1. The number of anilines is 3. The highest BCUT2D eigenvalue weighted by Gasteiger charge is 2.33. The maximum atomic E-state index is 14.0. The van der Waals surface area contributed by atoms with Crippen LogP contribution < -0.4 is 15.1 Å². The summed E-state index contributed by atoms with van der Waals surface area (Å²) in [5.41, 5.74) is -0.126. The van der Waals surface area contributed by atoms with Crippen molar-refractivity contribution in [2.75, 3.05) is 42.3 Å². The van der Waals surface area contributed by atoms with Gasteiger partial charge >= 0.3 is 5.97 Å². The molecule has 0 bridgehead atoms. The van der Waals surface area contributed by atoms with Gasteiger partial charge in [-0.3, -0.25) is 0 Å². The highest BCUT2D eigenvalue weighted by molar-refractivity contribution is 5.84. The third kappa shape index (κ3) is 3.95. The molecule has 2 aromatic rings. The highest BCUT2D eigenvalue weighted by atomic mass is 19.1. The van der Waals surface area contributed by atoms with Crippen molar-refractivity contribution in [3.05, 3.63) is 30.4 Å². The number of carboxylic acid groups (broad SMARTS) is 1. The predicted molar refractivity (Wildman–Crippen MR) is 94.5 cm³/mol. The molecule has 1 fully saturated rings. The van der Waals surface area contributed by atoms with E-state index >= 15 is 0 Å². The molecule has 0 radical (unpaired) electrons. The fourth-order valence-corrected chi connectivity index (χ4v) is 2.80. The summed E-state index contributed by atoms with van der Waals surface area (Å²) in [6.07, 6.45) is 3.62. The molecule has 0 aliphatic carbocycles. The lowest BCUT2D eigenvalue weighted by molar-refractivity contribution is 0.0690. The number of nitrogens with one attached hydrogen (secondary N) is 1. The summed E-state index contributed by atoms with van der Waals surface area (Å²) in [6, 6.07) is 1.65. The molecule has 1 saturated heterocycles. The minimum atomic E-state index is -1.13. The van der Waals surface area contributed by atoms with Gasteiger partial charge in [-0.05, 0) is 6.07 Å². The normalized spacial score (nSPS) is 19.4. The van der Waals surface area contributed by atoms with Crippen molar-refractivity contribution in [1.29, 1.82) is 0 Å². The average Bonchev–Trinajstić information content (AvgIpc) is 3.01. The monoisotopic (exact) mass is 361 g/mol. The molecule has 0 aromatic carbocycles. The second-order valence-electron chi connectivity index (χ2n) is 6.22. The minimum absolute atomic E-state index is 0.115. The van der Waals surface area contributed by atoms with Crippen LogP contribution in [0.15, 0.2) is 24.7 Å². The molecule has 2 aromatic heterocycles. The molecule has 138 valence electrons. The zero-order chi connectivity index (χ0) is 18.7. The summed E-state index contributed by atoms with van der Waals surface area (Å²) in [5, 5.41) is 11.9. The van der Waals surface area contributed by atoms with Gasteiger partial charge < -0.3 is 20.2 Å². The van der Waals surface area contributed by atoms with E-state index in [2.05, 4.69) is 25.3 Å². The first-order valence-corrected chi connectivity index (χ1v) is 8.14. The molecule has 0 unspecified atom stereocenters. The first kappa shape index (κ1) is 17.8. The Labute approximate surface area is 149 Å². The van der Waals surface area contributed by atoms with Gasteiger partial charge in [-0.1, -0.05) is 0 Å². The number of carboxylic acids is 1. The predicted octanol–water partition coefficient (Wildman–Crippen LogP) is 1.06. The van der Waals surface area contributed by atoms with Crippen LogP contribution >= 0.6 is 0 Å². The van der Waals surface area contributed by atoms with Crippen molar-refractivity contribution in [3.63, 3.8) is 0 Å². The van der Waals surface area contributed by atoms with Crippen LogP contribution in [0, 0.1) is 0 Å². The second-order valence-corrected chi connectivity index (χ2v) is 6.22. The average molecular weight is 361 g/mol. The first-order valence-electron chi connectivity index (χ1n) is 8.14. The highest BCUT2D eigenvalue weighted by Crippen LogP contribution is 2.26. The number of alkyl halides is 1. The minimum Gasteiger partial charge on any atom is -0.476 e. The molecule has 10 heteroatoms. The number of aromatic carboxylic acids is 1. The Morgan fingerprint density at radius 1 is 1.38 bits per heavy atom. The Kier molecular flexibility index (Phi) is 5.10. The van der Waals surface area contributed by atoms with Crippen LogP contribution in [0.5, 0.6) is 0 Å². The fraction of sp³-hybridized carbons (Fsp3) is 0.438. The number of carbonyl (C=O) groups is 1. The molecule has 1 aliphatic rings. The van der Waals surface area contributed by atoms with Crippen LogP contribution in [-0.2, 0) is 0 Å². The summed E-state index contributed by atoms with van der Waals surface area (Å²) < 4.78 is 14.0. The zero-order valence-electron chi connectivity index (χ0n) is 14.5. The maximum absolute atomic E-state index is 14.0. The smallest absolute Gasteiger partial charge is 0.356 e. The molecule has 2 N–H and O–H groups in total. The number of hydrogen-bond donors (Lipinski definition) is 2. The van der Waals surface area contributed by atoms with Crippen LogP contribution in [0.25, 0.3) is 0 Å².